The number of nitrogens with zero attached hydrogens (tertiary/aromatic N) is 2. The molecule has 0 spiro atoms. The minimum Gasteiger partial charge on any atom is -0.480 e. The second kappa shape index (κ2) is 35.6. The standard InChI is InChI=1S/C23H41N5O5.C22H39N5O5.CH3Cl/c1-8-12-23(5,28-19(30)15(3)4)18(29)14-16(11-10-13-26-22(24)25-6)20(31)27-17(9-2)21(32)33-7;1-7-11-22(5,27-18(29)14(3)4)17(28)13-15(10-9-12-25-21(23)24-6)19(30)26-16(8-2)20(31)32;1-2/h8,15-17H,1,9-14H2,2-7H3,(H,27,31)(H,28,30)(H3,24,25,26);7,14-16H,1,8-13H2,2-6H3,(H,26,30)(H,27,29)(H,31,32)(H3,23,24,25);1H3/t16-,17+,23-;15-,16+,22-;/m11./s1. The number of ketones is 2. The van der Waals surface area contributed by atoms with Crippen LogP contribution in [0.1, 0.15) is 120 Å². The highest BCUT2D eigenvalue weighted by molar-refractivity contribution is 6.15. The second-order valence-corrected chi connectivity index (χ2v) is 16.7. The molecule has 0 aliphatic carbocycles. The van der Waals surface area contributed by atoms with Crippen LogP contribution >= 0.6 is 11.6 Å². The van der Waals surface area contributed by atoms with Crippen LogP contribution in [-0.4, -0.2) is 128 Å². The van der Waals surface area contributed by atoms with Crippen molar-refractivity contribution in [2.75, 3.05) is 40.7 Å². The van der Waals surface area contributed by atoms with Crippen molar-refractivity contribution in [2.45, 2.75) is 143 Å². The smallest absolute Gasteiger partial charge is 0.328 e. The average Bonchev–Trinajstić information content (AvgIpc) is 3.28. The fourth-order valence-electron chi connectivity index (χ4n) is 6.10. The Labute approximate surface area is 403 Å². The summed E-state index contributed by atoms with van der Waals surface area (Å²) in [6, 6.07) is -1.84. The molecule has 0 heterocycles. The van der Waals surface area contributed by atoms with E-state index in [4.69, 9.17) is 16.2 Å². The molecule has 20 nitrogen and oxygen atoms in total. The molecular formula is C46H83ClN10O10. The fraction of sp³-hybridized carbons (Fsp3) is 0.696. The van der Waals surface area contributed by atoms with Crippen LogP contribution < -0.4 is 43.4 Å². The van der Waals surface area contributed by atoms with Crippen molar-refractivity contribution in [2.24, 2.45) is 45.1 Å². The number of hydrogen-bond acceptors (Lipinski definition) is 11. The average molecular weight is 972 g/mol. The van der Waals surface area contributed by atoms with E-state index < -0.39 is 58.8 Å². The topological polar surface area (TPSA) is 315 Å². The number of esters is 1. The lowest BCUT2D eigenvalue weighted by Crippen LogP contribution is -2.54. The maximum Gasteiger partial charge on any atom is 0.328 e. The second-order valence-electron chi connectivity index (χ2n) is 16.7. The van der Waals surface area contributed by atoms with Crippen LogP contribution in [0.25, 0.3) is 0 Å². The third-order valence-corrected chi connectivity index (χ3v) is 10.6. The number of aliphatic carboxylic acids is 1. The van der Waals surface area contributed by atoms with Gasteiger partial charge in [-0.1, -0.05) is 53.7 Å². The Hall–Kier alpha value is -5.53. The number of carbonyl (C=O) groups excluding carboxylic acids is 7. The first-order valence-corrected chi connectivity index (χ1v) is 23.3. The number of aliphatic imine (C=N–C) groups is 2. The number of carboxylic acids is 1. The van der Waals surface area contributed by atoms with Crippen LogP contribution in [0.5, 0.6) is 0 Å². The number of alkyl halides is 1. The van der Waals surface area contributed by atoms with E-state index in [1.54, 1.807) is 81.6 Å². The summed E-state index contributed by atoms with van der Waals surface area (Å²) in [6.07, 6.45) is 7.03. The quantitative estimate of drug-likeness (QED) is 0.0125. The fourth-order valence-corrected chi connectivity index (χ4v) is 6.10. The molecule has 6 atom stereocenters. The molecule has 0 aromatic heterocycles. The molecule has 4 amide bonds. The first-order chi connectivity index (χ1) is 31.4. The first kappa shape index (κ1) is 65.7. The van der Waals surface area contributed by atoms with Crippen LogP contribution in [0.3, 0.4) is 0 Å². The largest absolute Gasteiger partial charge is 0.480 e. The van der Waals surface area contributed by atoms with Crippen molar-refractivity contribution in [3.8, 4) is 0 Å². The van der Waals surface area contributed by atoms with Gasteiger partial charge in [-0.25, -0.2) is 9.59 Å². The van der Waals surface area contributed by atoms with Gasteiger partial charge in [0.1, 0.15) is 12.1 Å². The van der Waals surface area contributed by atoms with E-state index in [2.05, 4.69) is 66.6 Å². The minimum absolute atomic E-state index is 0.108. The molecule has 0 saturated heterocycles. The maximum atomic E-state index is 13.3. The van der Waals surface area contributed by atoms with Gasteiger partial charge < -0.3 is 53.2 Å². The van der Waals surface area contributed by atoms with Crippen LogP contribution in [0, 0.1) is 23.7 Å². The number of carbonyl (C=O) groups is 8. The SMILES string of the molecule is C=CC[C@@](C)(NC(=O)C(C)C)C(=O)C[C@@H](CCCNC(N)=NC)C(=O)N[C@@H](CC)C(=O)O.C=CC[C@@](C)(NC(=O)C(C)C)C(=O)C[C@@H](CCCNC(N)=NC)C(=O)N[C@@H](CC)C(=O)OC.CCl. The lowest BCUT2D eigenvalue weighted by Gasteiger charge is -2.31. The van der Waals surface area contributed by atoms with E-state index in [9.17, 15) is 43.5 Å². The highest BCUT2D eigenvalue weighted by atomic mass is 35.5. The Morgan fingerprint density at radius 2 is 1.01 bits per heavy atom. The summed E-state index contributed by atoms with van der Waals surface area (Å²) in [5, 5.41) is 25.8. The van der Waals surface area contributed by atoms with E-state index in [1.807, 2.05) is 0 Å². The highest BCUT2D eigenvalue weighted by Gasteiger charge is 2.38. The number of hydrogen-bond donors (Lipinski definition) is 9. The molecule has 0 radical (unpaired) electrons. The molecule has 0 fully saturated rings. The van der Waals surface area contributed by atoms with Crippen molar-refractivity contribution >= 4 is 70.7 Å². The predicted octanol–water partition coefficient (Wildman–Crippen LogP) is 2.87. The van der Waals surface area contributed by atoms with Gasteiger partial charge >= 0.3 is 11.9 Å². The molecule has 0 bridgehead atoms. The van der Waals surface area contributed by atoms with Gasteiger partial charge in [0.2, 0.25) is 23.6 Å². The molecular weight excluding hydrogens is 888 g/mol. The van der Waals surface area contributed by atoms with Gasteiger partial charge in [0.05, 0.1) is 18.2 Å². The van der Waals surface area contributed by atoms with Crippen molar-refractivity contribution in [1.29, 1.82) is 0 Å². The van der Waals surface area contributed by atoms with Crippen molar-refractivity contribution in [3.05, 3.63) is 25.3 Å². The number of methoxy groups -OCH3 is 1. The van der Waals surface area contributed by atoms with Gasteiger partial charge in [0.25, 0.3) is 0 Å². The Morgan fingerprint density at radius 1 is 0.672 bits per heavy atom. The molecule has 0 unspecified atom stereocenters. The van der Waals surface area contributed by atoms with Crippen molar-refractivity contribution in [3.63, 3.8) is 0 Å². The third-order valence-electron chi connectivity index (χ3n) is 10.6. The van der Waals surface area contributed by atoms with E-state index in [0.717, 1.165) is 0 Å². The van der Waals surface area contributed by atoms with Gasteiger partial charge in [0.15, 0.2) is 23.5 Å². The molecule has 0 aliphatic rings. The molecule has 0 aromatic rings. The Morgan fingerprint density at radius 3 is 1.28 bits per heavy atom. The highest BCUT2D eigenvalue weighted by Crippen LogP contribution is 2.23. The van der Waals surface area contributed by atoms with Crippen LogP contribution in [0.15, 0.2) is 35.3 Å². The molecule has 0 aliphatic heterocycles. The number of ether oxygens (including phenoxy) is 1. The van der Waals surface area contributed by atoms with Crippen LogP contribution in [0.2, 0.25) is 0 Å². The summed E-state index contributed by atoms with van der Waals surface area (Å²) in [5.41, 5.74) is 8.83. The number of Topliss-reactive ketones (excluding diaryl/α,β-unsaturated/α-hetero) is 2. The maximum absolute atomic E-state index is 13.3. The normalized spacial score (nSPS) is 14.8. The molecule has 0 rings (SSSR count). The first-order valence-electron chi connectivity index (χ1n) is 22.5. The summed E-state index contributed by atoms with van der Waals surface area (Å²) in [6.45, 7) is 21.8. The Kier molecular flexibility index (Phi) is 35.0. The van der Waals surface area contributed by atoms with E-state index in [0.29, 0.717) is 45.2 Å². The summed E-state index contributed by atoms with van der Waals surface area (Å²) < 4.78 is 4.74. The Bertz CT molecular complexity index is 1670. The van der Waals surface area contributed by atoms with Crippen molar-refractivity contribution < 1.29 is 48.2 Å². The molecule has 384 valence electrons. The van der Waals surface area contributed by atoms with Gasteiger partial charge in [-0.05, 0) is 65.2 Å². The number of guanidine groups is 2. The van der Waals surface area contributed by atoms with Gasteiger partial charge in [-0.3, -0.25) is 38.8 Å². The predicted molar refractivity (Wildman–Crippen MR) is 264 cm³/mol. The monoisotopic (exact) mass is 971 g/mol. The molecule has 67 heavy (non-hydrogen) atoms. The number of amides is 4. The van der Waals surface area contributed by atoms with Crippen LogP contribution in [0.4, 0.5) is 0 Å². The zero-order valence-corrected chi connectivity index (χ0v) is 42.8. The van der Waals surface area contributed by atoms with Gasteiger partial charge in [0, 0.05) is 70.1 Å². The zero-order chi connectivity index (χ0) is 52.5. The zero-order valence-electron chi connectivity index (χ0n) is 42.1. The third kappa shape index (κ3) is 26.4. The molecule has 0 aromatic carbocycles. The van der Waals surface area contributed by atoms with E-state index in [-0.39, 0.29) is 79.2 Å². The number of halogens is 1. The van der Waals surface area contributed by atoms with E-state index in [1.165, 1.54) is 13.5 Å². The van der Waals surface area contributed by atoms with Gasteiger partial charge in [-0.2, -0.15) is 0 Å². The molecule has 11 N–H and O–H groups in total. The number of rotatable bonds is 30. The summed E-state index contributed by atoms with van der Waals surface area (Å²) >= 11 is 4.64. The lowest BCUT2D eigenvalue weighted by atomic mass is 9.84. The summed E-state index contributed by atoms with van der Waals surface area (Å²) in [7, 11) is 4.35. The minimum atomic E-state index is -1.21. The number of nitrogens with one attached hydrogen (secondary N) is 6. The number of nitrogens with two attached hydrogens (primary N) is 2. The Balaban J connectivity index is -0.00000118. The molecule has 0 saturated carbocycles. The summed E-state index contributed by atoms with van der Waals surface area (Å²) in [5.74, 6) is -5.33. The van der Waals surface area contributed by atoms with Crippen molar-refractivity contribution in [1.82, 2.24) is 31.9 Å². The molecule has 21 heteroatoms. The van der Waals surface area contributed by atoms with Crippen LogP contribution in [-0.2, 0) is 43.1 Å². The van der Waals surface area contributed by atoms with E-state index >= 15 is 0 Å². The van der Waals surface area contributed by atoms with Gasteiger partial charge in [-0.15, -0.1) is 24.8 Å². The summed E-state index contributed by atoms with van der Waals surface area (Å²) in [4.78, 5) is 108. The number of carboxylic acid groups (broad SMARTS) is 1. The lowest BCUT2D eigenvalue weighted by molar-refractivity contribution is -0.146.